The minimum absolute atomic E-state index is 0.200. The van der Waals surface area contributed by atoms with Gasteiger partial charge >= 0.3 is 5.97 Å². The van der Waals surface area contributed by atoms with E-state index in [0.29, 0.717) is 11.1 Å². The lowest BCUT2D eigenvalue weighted by Crippen LogP contribution is -2.15. The summed E-state index contributed by atoms with van der Waals surface area (Å²) in [5, 5.41) is 12.0. The Morgan fingerprint density at radius 1 is 1.13 bits per heavy atom. The highest BCUT2D eigenvalue weighted by atomic mass is 32.1. The number of hydrogen-bond acceptors (Lipinski definition) is 3. The van der Waals surface area contributed by atoms with Crippen molar-refractivity contribution in [3.8, 4) is 0 Å². The number of benzene rings is 2. The topological polar surface area (TPSA) is 66.4 Å². The molecule has 4 nitrogen and oxygen atoms in total. The third-order valence-electron chi connectivity index (χ3n) is 3.74. The first-order valence-electron chi connectivity index (χ1n) is 7.31. The van der Waals surface area contributed by atoms with Crippen molar-refractivity contribution in [1.82, 2.24) is 0 Å². The summed E-state index contributed by atoms with van der Waals surface area (Å²) in [5.74, 6) is -1.25. The molecule has 120 valence electrons. The van der Waals surface area contributed by atoms with Crippen molar-refractivity contribution < 1.29 is 14.7 Å². The third-order valence-corrected chi connectivity index (χ3v) is 4.00. The number of carbonyl (C=O) groups is 2. The summed E-state index contributed by atoms with van der Waals surface area (Å²) in [5.41, 5.74) is 3.94. The molecule has 0 aliphatic rings. The van der Waals surface area contributed by atoms with Crippen molar-refractivity contribution >= 4 is 30.2 Å². The zero-order valence-corrected chi connectivity index (χ0v) is 14.2. The van der Waals surface area contributed by atoms with Crippen LogP contribution < -0.4 is 5.32 Å². The van der Waals surface area contributed by atoms with Crippen LogP contribution in [0.5, 0.6) is 0 Å². The maximum Gasteiger partial charge on any atom is 0.335 e. The number of thiol groups is 1. The van der Waals surface area contributed by atoms with E-state index in [1.165, 1.54) is 12.1 Å². The molecule has 2 aromatic rings. The van der Waals surface area contributed by atoms with Crippen molar-refractivity contribution in [2.45, 2.75) is 32.1 Å². The van der Waals surface area contributed by atoms with Gasteiger partial charge in [0.1, 0.15) is 0 Å². The number of nitrogens with one attached hydrogen (secondary N) is 1. The van der Waals surface area contributed by atoms with Gasteiger partial charge in [-0.2, -0.15) is 0 Å². The van der Waals surface area contributed by atoms with Gasteiger partial charge in [0.05, 0.1) is 5.56 Å². The van der Waals surface area contributed by atoms with Crippen molar-refractivity contribution in [1.29, 1.82) is 0 Å². The molecule has 0 aliphatic heterocycles. The van der Waals surface area contributed by atoms with Crippen LogP contribution in [0.15, 0.2) is 35.2 Å². The number of hydrogen-bond donors (Lipinski definition) is 3. The Morgan fingerprint density at radius 3 is 2.39 bits per heavy atom. The quantitative estimate of drug-likeness (QED) is 0.740. The highest BCUT2D eigenvalue weighted by Crippen LogP contribution is 2.26. The molecular formula is C18H19NO3S. The number of carbonyl (C=O) groups excluding carboxylic acids is 1. The predicted molar refractivity (Wildman–Crippen MR) is 93.9 cm³/mol. The largest absolute Gasteiger partial charge is 0.478 e. The van der Waals surface area contributed by atoms with E-state index >= 15 is 0 Å². The zero-order valence-electron chi connectivity index (χ0n) is 13.3. The van der Waals surface area contributed by atoms with Crippen molar-refractivity contribution in [3.63, 3.8) is 0 Å². The predicted octanol–water partition coefficient (Wildman–Crippen LogP) is 4.11. The zero-order chi connectivity index (χ0) is 17.1. The van der Waals surface area contributed by atoms with Crippen molar-refractivity contribution in [2.75, 3.05) is 5.32 Å². The average molecular weight is 329 g/mol. The van der Waals surface area contributed by atoms with Crippen LogP contribution in [0.2, 0.25) is 0 Å². The molecule has 0 aliphatic carbocycles. The fourth-order valence-corrected chi connectivity index (χ4v) is 2.88. The minimum atomic E-state index is -0.997. The maximum atomic E-state index is 12.5. The number of aryl methyl sites for hydroxylation is 3. The van der Waals surface area contributed by atoms with Gasteiger partial charge in [-0.25, -0.2) is 4.79 Å². The molecule has 0 saturated heterocycles. The second-order valence-corrected chi connectivity index (χ2v) is 5.96. The molecule has 0 bridgehead atoms. The maximum absolute atomic E-state index is 12.5. The lowest BCUT2D eigenvalue weighted by molar-refractivity contribution is 0.0695. The van der Waals surface area contributed by atoms with Crippen molar-refractivity contribution in [2.24, 2.45) is 0 Å². The van der Waals surface area contributed by atoms with Gasteiger partial charge in [-0.1, -0.05) is 6.92 Å². The molecule has 0 unspecified atom stereocenters. The second kappa shape index (κ2) is 6.87. The molecule has 0 heterocycles. The van der Waals surface area contributed by atoms with Gasteiger partial charge in [-0.05, 0) is 67.3 Å². The Kier molecular flexibility index (Phi) is 5.11. The van der Waals surface area contributed by atoms with Crippen LogP contribution >= 0.6 is 12.6 Å². The molecule has 0 radical (unpaired) electrons. The summed E-state index contributed by atoms with van der Waals surface area (Å²) < 4.78 is 0. The SMILES string of the molecule is CCc1cc(S)cc(C)c1NC(=O)c1ccc(C(=O)O)c(C)c1. The average Bonchev–Trinajstić information content (AvgIpc) is 2.48. The van der Waals surface area contributed by atoms with Crippen LogP contribution in [0, 0.1) is 13.8 Å². The number of rotatable bonds is 4. The van der Waals surface area contributed by atoms with Crippen LogP contribution in [0.25, 0.3) is 0 Å². The molecule has 0 atom stereocenters. The molecule has 0 aromatic heterocycles. The van der Waals surface area contributed by atoms with Gasteiger partial charge in [-0.3, -0.25) is 4.79 Å². The standard InChI is InChI=1S/C18H19NO3S/c1-4-12-9-14(23)8-11(3)16(12)19-17(20)13-5-6-15(18(21)22)10(2)7-13/h5-9,23H,4H2,1-3H3,(H,19,20)(H,21,22). The molecule has 2 rings (SSSR count). The summed E-state index contributed by atoms with van der Waals surface area (Å²) in [6, 6.07) is 8.41. The molecule has 0 fully saturated rings. The van der Waals surface area contributed by atoms with Gasteiger partial charge in [0.2, 0.25) is 0 Å². The van der Waals surface area contributed by atoms with Crippen LogP contribution in [0.4, 0.5) is 5.69 Å². The number of carboxylic acid groups (broad SMARTS) is 1. The molecule has 5 heteroatoms. The molecule has 2 N–H and O–H groups in total. The van der Waals surface area contributed by atoms with Crippen molar-refractivity contribution in [3.05, 3.63) is 58.1 Å². The second-order valence-electron chi connectivity index (χ2n) is 5.44. The van der Waals surface area contributed by atoms with E-state index < -0.39 is 5.97 Å². The fraction of sp³-hybridized carbons (Fsp3) is 0.222. The van der Waals surface area contributed by atoms with Gasteiger partial charge in [0.15, 0.2) is 0 Å². The van der Waals surface area contributed by atoms with Gasteiger partial charge < -0.3 is 10.4 Å². The third kappa shape index (κ3) is 3.74. The first-order chi connectivity index (χ1) is 10.8. The van der Waals surface area contributed by atoms with Crippen LogP contribution in [-0.2, 0) is 6.42 Å². The Hall–Kier alpha value is -2.27. The smallest absolute Gasteiger partial charge is 0.335 e. The first kappa shape index (κ1) is 17.1. The number of aromatic carboxylic acids is 1. The molecule has 23 heavy (non-hydrogen) atoms. The van der Waals surface area contributed by atoms with E-state index in [-0.39, 0.29) is 11.5 Å². The van der Waals surface area contributed by atoms with E-state index in [0.717, 1.165) is 28.1 Å². The summed E-state index contributed by atoms with van der Waals surface area (Å²) in [7, 11) is 0. The Balaban J connectivity index is 2.33. The normalized spacial score (nSPS) is 10.4. The lowest BCUT2D eigenvalue weighted by atomic mass is 10.0. The number of anilines is 1. The summed E-state index contributed by atoms with van der Waals surface area (Å²) >= 11 is 4.36. The Labute approximate surface area is 141 Å². The summed E-state index contributed by atoms with van der Waals surface area (Å²) in [6.07, 6.45) is 0.780. The van der Waals surface area contributed by atoms with E-state index in [4.69, 9.17) is 5.11 Å². The van der Waals surface area contributed by atoms with E-state index in [9.17, 15) is 9.59 Å². The summed E-state index contributed by atoms with van der Waals surface area (Å²) in [6.45, 7) is 5.62. The Bertz CT molecular complexity index is 784. The number of carboxylic acids is 1. The van der Waals surface area contributed by atoms with Gasteiger partial charge in [0.25, 0.3) is 5.91 Å². The monoisotopic (exact) mass is 329 g/mol. The van der Waals surface area contributed by atoms with E-state index in [1.807, 2.05) is 26.0 Å². The molecule has 2 aromatic carbocycles. The lowest BCUT2D eigenvalue weighted by Gasteiger charge is -2.14. The highest BCUT2D eigenvalue weighted by Gasteiger charge is 2.14. The van der Waals surface area contributed by atoms with Gasteiger partial charge in [-0.15, -0.1) is 12.6 Å². The van der Waals surface area contributed by atoms with Crippen LogP contribution in [0.3, 0.4) is 0 Å². The highest BCUT2D eigenvalue weighted by molar-refractivity contribution is 7.80. The minimum Gasteiger partial charge on any atom is -0.478 e. The summed E-state index contributed by atoms with van der Waals surface area (Å²) in [4.78, 5) is 24.4. The first-order valence-corrected chi connectivity index (χ1v) is 7.76. The molecule has 0 saturated carbocycles. The van der Waals surface area contributed by atoms with Crippen LogP contribution in [-0.4, -0.2) is 17.0 Å². The van der Waals surface area contributed by atoms with E-state index in [1.54, 1.807) is 13.0 Å². The fourth-order valence-electron chi connectivity index (χ4n) is 2.53. The molecule has 0 spiro atoms. The molecule has 1 amide bonds. The molecular weight excluding hydrogens is 310 g/mol. The van der Waals surface area contributed by atoms with Gasteiger partial charge in [0, 0.05) is 16.1 Å². The van der Waals surface area contributed by atoms with Crippen LogP contribution in [0.1, 0.15) is 44.3 Å². The van der Waals surface area contributed by atoms with E-state index in [2.05, 4.69) is 17.9 Å². The number of amides is 1. The Morgan fingerprint density at radius 2 is 1.83 bits per heavy atom.